The molecule has 0 saturated carbocycles. The molecule has 2 unspecified atom stereocenters. The Hall–Kier alpha value is -2.32. The largest absolute Gasteiger partial charge is 0.467 e. The number of hydrogen-bond donors (Lipinski definition) is 0. The van der Waals surface area contributed by atoms with E-state index in [9.17, 15) is 19.2 Å². The fourth-order valence-corrected chi connectivity index (χ4v) is 3.17. The Bertz CT molecular complexity index is 622. The lowest BCUT2D eigenvalue weighted by molar-refractivity contribution is -0.145. The number of amides is 2. The van der Waals surface area contributed by atoms with Gasteiger partial charge in [0.2, 0.25) is 0 Å². The molecule has 0 aromatic heterocycles. The minimum absolute atomic E-state index is 0. The van der Waals surface area contributed by atoms with Crippen molar-refractivity contribution in [3.8, 4) is 0 Å². The van der Waals surface area contributed by atoms with E-state index < -0.39 is 23.3 Å². The van der Waals surface area contributed by atoms with E-state index >= 15 is 0 Å². The molecular weight excluding hydrogens is 404 g/mol. The third-order valence-corrected chi connectivity index (χ3v) is 4.44. The summed E-state index contributed by atoms with van der Waals surface area (Å²) in [6.45, 7) is 12.0. The van der Waals surface area contributed by atoms with E-state index in [0.717, 1.165) is 25.5 Å². The van der Waals surface area contributed by atoms with E-state index in [2.05, 4.69) is 4.74 Å². The molecule has 180 valence electrons. The molecule has 2 saturated heterocycles. The zero-order valence-electron chi connectivity index (χ0n) is 19.2. The van der Waals surface area contributed by atoms with Gasteiger partial charge in [-0.2, -0.15) is 0 Å². The Balaban J connectivity index is 0.000000567. The molecule has 0 bridgehead atoms. The van der Waals surface area contributed by atoms with E-state index in [1.807, 2.05) is 20.8 Å². The maximum atomic E-state index is 11.8. The zero-order valence-corrected chi connectivity index (χ0v) is 19.2. The van der Waals surface area contributed by atoms with Crippen molar-refractivity contribution >= 4 is 24.4 Å². The van der Waals surface area contributed by atoms with Crippen molar-refractivity contribution in [2.45, 2.75) is 97.9 Å². The summed E-state index contributed by atoms with van der Waals surface area (Å²) in [5.74, 6) is -0.372. The fraction of sp³-hybridized carbons (Fsp3) is 0.818. The number of carbonyl (C=O) groups excluding carboxylic acids is 4. The molecule has 9 nitrogen and oxygen atoms in total. The first-order chi connectivity index (χ1) is 13.8. The third-order valence-electron chi connectivity index (χ3n) is 4.44. The van der Waals surface area contributed by atoms with Crippen molar-refractivity contribution in [2.24, 2.45) is 0 Å². The molecule has 2 heterocycles. The van der Waals surface area contributed by atoms with Gasteiger partial charge in [-0.15, -0.1) is 0 Å². The van der Waals surface area contributed by atoms with Crippen molar-refractivity contribution in [1.29, 1.82) is 0 Å². The SMILES string of the molecule is C.CC(C)(C)OC(=O)N1CCCC1C=O.COC(=O)C1CCCN1C(=O)OC(C)(C)C. The molecule has 2 amide bonds. The third kappa shape index (κ3) is 9.57. The average molecular weight is 445 g/mol. The molecule has 0 aromatic carbocycles. The summed E-state index contributed by atoms with van der Waals surface area (Å²) in [4.78, 5) is 48.4. The Morgan fingerprint density at radius 3 is 1.74 bits per heavy atom. The number of aldehydes is 1. The van der Waals surface area contributed by atoms with Crippen LogP contribution in [-0.4, -0.2) is 77.7 Å². The number of likely N-dealkylation sites (tertiary alicyclic amines) is 2. The highest BCUT2D eigenvalue weighted by atomic mass is 16.6. The summed E-state index contributed by atoms with van der Waals surface area (Å²) in [5, 5.41) is 0. The van der Waals surface area contributed by atoms with Gasteiger partial charge < -0.3 is 19.0 Å². The van der Waals surface area contributed by atoms with Gasteiger partial charge in [0.1, 0.15) is 23.5 Å². The average Bonchev–Trinajstić information content (AvgIpc) is 3.27. The van der Waals surface area contributed by atoms with Gasteiger partial charge in [0.15, 0.2) is 0 Å². The highest BCUT2D eigenvalue weighted by Crippen LogP contribution is 2.21. The van der Waals surface area contributed by atoms with Gasteiger partial charge in [-0.3, -0.25) is 9.80 Å². The molecule has 2 aliphatic heterocycles. The number of methoxy groups -OCH3 is 1. The van der Waals surface area contributed by atoms with Crippen molar-refractivity contribution in [3.63, 3.8) is 0 Å². The summed E-state index contributed by atoms with van der Waals surface area (Å²) < 4.78 is 15.1. The topological polar surface area (TPSA) is 102 Å². The van der Waals surface area contributed by atoms with Crippen LogP contribution in [0.25, 0.3) is 0 Å². The van der Waals surface area contributed by atoms with E-state index in [1.165, 1.54) is 16.9 Å². The number of esters is 1. The van der Waals surface area contributed by atoms with Crippen LogP contribution < -0.4 is 0 Å². The van der Waals surface area contributed by atoms with E-state index in [1.54, 1.807) is 20.8 Å². The first-order valence-electron chi connectivity index (χ1n) is 10.3. The lowest BCUT2D eigenvalue weighted by atomic mass is 10.2. The van der Waals surface area contributed by atoms with Crippen LogP contribution in [0.2, 0.25) is 0 Å². The second kappa shape index (κ2) is 11.9. The molecule has 2 fully saturated rings. The summed E-state index contributed by atoms with van der Waals surface area (Å²) >= 11 is 0. The molecule has 0 spiro atoms. The molecule has 0 aliphatic carbocycles. The minimum atomic E-state index is -0.541. The van der Waals surface area contributed by atoms with Gasteiger partial charge in [0.25, 0.3) is 0 Å². The van der Waals surface area contributed by atoms with Crippen LogP contribution >= 0.6 is 0 Å². The van der Waals surface area contributed by atoms with Gasteiger partial charge in [-0.1, -0.05) is 7.43 Å². The van der Waals surface area contributed by atoms with Gasteiger partial charge >= 0.3 is 18.2 Å². The molecule has 2 aliphatic rings. The van der Waals surface area contributed by atoms with Crippen LogP contribution in [-0.2, 0) is 23.8 Å². The molecule has 2 atom stereocenters. The maximum absolute atomic E-state index is 11.8. The molecule has 0 radical (unpaired) electrons. The first-order valence-corrected chi connectivity index (χ1v) is 10.3. The van der Waals surface area contributed by atoms with E-state index in [0.29, 0.717) is 19.5 Å². The number of carbonyl (C=O) groups is 4. The van der Waals surface area contributed by atoms with Crippen LogP contribution in [0.15, 0.2) is 0 Å². The Labute approximate surface area is 186 Å². The fourth-order valence-electron chi connectivity index (χ4n) is 3.17. The number of rotatable bonds is 2. The smallest absolute Gasteiger partial charge is 0.411 e. The lowest BCUT2D eigenvalue weighted by Crippen LogP contribution is -2.43. The minimum Gasteiger partial charge on any atom is -0.467 e. The molecule has 0 aromatic rings. The Kier molecular flexibility index (Phi) is 11.0. The molecule has 2 rings (SSSR count). The monoisotopic (exact) mass is 444 g/mol. The van der Waals surface area contributed by atoms with Gasteiger partial charge in [0.05, 0.1) is 13.2 Å². The summed E-state index contributed by atoms with van der Waals surface area (Å²) in [6.07, 6.45) is 3.07. The first kappa shape index (κ1) is 28.7. The van der Waals surface area contributed by atoms with Crippen molar-refractivity contribution < 1.29 is 33.4 Å². The normalized spacial score (nSPS) is 20.7. The van der Waals surface area contributed by atoms with Gasteiger partial charge in [-0.05, 0) is 67.2 Å². The second-order valence-corrected chi connectivity index (χ2v) is 9.37. The highest BCUT2D eigenvalue weighted by Gasteiger charge is 2.37. The van der Waals surface area contributed by atoms with Crippen molar-refractivity contribution in [3.05, 3.63) is 0 Å². The molecular formula is C22H40N2O7. The summed E-state index contributed by atoms with van der Waals surface area (Å²) in [7, 11) is 1.33. The van der Waals surface area contributed by atoms with Crippen LogP contribution in [0.3, 0.4) is 0 Å². The van der Waals surface area contributed by atoms with Crippen molar-refractivity contribution in [1.82, 2.24) is 9.80 Å². The lowest BCUT2D eigenvalue weighted by Gasteiger charge is -2.27. The van der Waals surface area contributed by atoms with Crippen LogP contribution in [0.1, 0.15) is 74.7 Å². The molecule has 9 heteroatoms. The van der Waals surface area contributed by atoms with Crippen LogP contribution in [0.4, 0.5) is 9.59 Å². The molecule has 31 heavy (non-hydrogen) atoms. The summed E-state index contributed by atoms with van der Waals surface area (Å²) in [6, 6.07) is -0.773. The molecule has 0 N–H and O–H groups in total. The van der Waals surface area contributed by atoms with Gasteiger partial charge in [0, 0.05) is 13.1 Å². The predicted octanol–water partition coefficient (Wildman–Crippen LogP) is 3.78. The maximum Gasteiger partial charge on any atom is 0.411 e. The zero-order chi connectivity index (χ0) is 23.1. The number of ether oxygens (including phenoxy) is 3. The van der Waals surface area contributed by atoms with Crippen LogP contribution in [0, 0.1) is 0 Å². The predicted molar refractivity (Wildman–Crippen MR) is 117 cm³/mol. The Morgan fingerprint density at radius 1 is 0.839 bits per heavy atom. The standard InChI is InChI=1S/C11H19NO4.C10H17NO3.CH4/c1-11(2,3)16-10(14)12-7-5-6-8(12)9(13)15-4;1-10(2,3)14-9(13)11-6-4-5-8(11)7-12;/h8H,5-7H2,1-4H3;7-8H,4-6H2,1-3H3;1H4. The van der Waals surface area contributed by atoms with Crippen molar-refractivity contribution in [2.75, 3.05) is 20.2 Å². The quantitative estimate of drug-likeness (QED) is 0.363. The number of hydrogen-bond acceptors (Lipinski definition) is 7. The van der Waals surface area contributed by atoms with Crippen LogP contribution in [0.5, 0.6) is 0 Å². The summed E-state index contributed by atoms with van der Waals surface area (Å²) in [5.41, 5.74) is -1.03. The Morgan fingerprint density at radius 2 is 1.29 bits per heavy atom. The second-order valence-electron chi connectivity index (χ2n) is 9.37. The van der Waals surface area contributed by atoms with E-state index in [4.69, 9.17) is 9.47 Å². The number of nitrogens with zero attached hydrogens (tertiary/aromatic N) is 2. The van der Waals surface area contributed by atoms with E-state index in [-0.39, 0.29) is 25.5 Å². The van der Waals surface area contributed by atoms with Gasteiger partial charge in [-0.25, -0.2) is 14.4 Å². The highest BCUT2D eigenvalue weighted by molar-refractivity contribution is 5.82.